The average Bonchev–Trinajstić information content (AvgIpc) is 2.36. The molecule has 1 unspecified atom stereocenters. The van der Waals surface area contributed by atoms with Gasteiger partial charge in [-0.2, -0.15) is 0 Å². The summed E-state index contributed by atoms with van der Waals surface area (Å²) in [5.74, 6) is -0.863. The fourth-order valence-corrected chi connectivity index (χ4v) is 1.77. The second-order valence-corrected chi connectivity index (χ2v) is 4.01. The Morgan fingerprint density at radius 2 is 1.78 bits per heavy atom. The largest absolute Gasteiger partial charge is 1.00 e. The molecular formula is C14H13KO3. The Kier molecular flexibility index (Phi) is 5.81. The molecule has 0 fully saturated rings. The van der Waals surface area contributed by atoms with Gasteiger partial charge in [0.25, 0.3) is 0 Å². The fraction of sp³-hybridized carbons (Fsp3) is 0.214. The van der Waals surface area contributed by atoms with Gasteiger partial charge in [-0.05, 0) is 28.5 Å². The molecule has 0 aliphatic rings. The normalized spacial score (nSPS) is 11.7. The number of carboxylic acids is 1. The van der Waals surface area contributed by atoms with Gasteiger partial charge in [-0.25, -0.2) is 0 Å². The Morgan fingerprint density at radius 1 is 1.17 bits per heavy atom. The minimum absolute atomic E-state index is 0. The van der Waals surface area contributed by atoms with Crippen molar-refractivity contribution in [1.29, 1.82) is 0 Å². The van der Waals surface area contributed by atoms with Crippen molar-refractivity contribution < 1.29 is 66.0 Å². The number of benzene rings is 2. The number of carbonyl (C=O) groups excluding carboxylic acids is 1. The number of ether oxygens (including phenoxy) is 1. The van der Waals surface area contributed by atoms with Crippen molar-refractivity contribution in [3.05, 3.63) is 42.0 Å². The molecular weight excluding hydrogens is 255 g/mol. The van der Waals surface area contributed by atoms with E-state index in [4.69, 9.17) is 4.74 Å². The first-order valence-corrected chi connectivity index (χ1v) is 5.40. The molecule has 0 heterocycles. The number of methoxy groups -OCH3 is 1. The van der Waals surface area contributed by atoms with Gasteiger partial charge in [0.05, 0.1) is 7.11 Å². The Hall–Kier alpha value is -0.394. The van der Waals surface area contributed by atoms with Crippen LogP contribution in [0.1, 0.15) is 18.4 Å². The first kappa shape index (κ1) is 15.7. The van der Waals surface area contributed by atoms with Gasteiger partial charge < -0.3 is 14.6 Å². The molecule has 4 heteroatoms. The number of fused-ring (bicyclic) bond motifs is 1. The second-order valence-electron chi connectivity index (χ2n) is 4.01. The molecule has 1 atom stereocenters. The summed E-state index contributed by atoms with van der Waals surface area (Å²) in [6.07, 6.45) is 0. The van der Waals surface area contributed by atoms with Crippen LogP contribution in [0.4, 0.5) is 0 Å². The van der Waals surface area contributed by atoms with E-state index in [0.717, 1.165) is 22.1 Å². The monoisotopic (exact) mass is 268 g/mol. The maximum Gasteiger partial charge on any atom is 1.00 e. The summed E-state index contributed by atoms with van der Waals surface area (Å²) >= 11 is 0. The Bertz CT molecular complexity index is 566. The molecule has 3 nitrogen and oxygen atoms in total. The van der Waals surface area contributed by atoms with Crippen molar-refractivity contribution in [3.8, 4) is 5.75 Å². The van der Waals surface area contributed by atoms with E-state index in [9.17, 15) is 9.90 Å². The first-order valence-electron chi connectivity index (χ1n) is 5.40. The van der Waals surface area contributed by atoms with Gasteiger partial charge in [-0.15, -0.1) is 0 Å². The minimum Gasteiger partial charge on any atom is -0.550 e. The van der Waals surface area contributed by atoms with E-state index < -0.39 is 11.9 Å². The van der Waals surface area contributed by atoms with Crippen molar-refractivity contribution in [3.63, 3.8) is 0 Å². The Labute approximate surface area is 149 Å². The molecule has 88 valence electrons. The van der Waals surface area contributed by atoms with Gasteiger partial charge in [0.15, 0.2) is 0 Å². The molecule has 0 saturated carbocycles. The summed E-state index contributed by atoms with van der Waals surface area (Å²) in [6, 6.07) is 11.3. The number of aliphatic carboxylic acids is 1. The zero-order valence-corrected chi connectivity index (χ0v) is 13.9. The third-order valence-electron chi connectivity index (χ3n) is 2.93. The number of carbonyl (C=O) groups is 1. The third kappa shape index (κ3) is 3.33. The Morgan fingerprint density at radius 3 is 2.39 bits per heavy atom. The van der Waals surface area contributed by atoms with Crippen LogP contribution in [0.3, 0.4) is 0 Å². The van der Waals surface area contributed by atoms with Crippen LogP contribution in [0.25, 0.3) is 10.8 Å². The first-order chi connectivity index (χ1) is 8.11. The second kappa shape index (κ2) is 6.68. The Balaban J connectivity index is 0.00000162. The molecule has 0 amide bonds. The fourth-order valence-electron chi connectivity index (χ4n) is 1.77. The predicted octanol–water partition coefficient (Wildman–Crippen LogP) is -1.29. The van der Waals surface area contributed by atoms with Gasteiger partial charge in [0.2, 0.25) is 0 Å². The maximum atomic E-state index is 10.8. The van der Waals surface area contributed by atoms with Gasteiger partial charge in [-0.1, -0.05) is 31.2 Å². The van der Waals surface area contributed by atoms with Crippen molar-refractivity contribution in [2.24, 2.45) is 0 Å². The van der Waals surface area contributed by atoms with Crippen molar-refractivity contribution in [2.45, 2.75) is 12.8 Å². The van der Waals surface area contributed by atoms with E-state index in [2.05, 4.69) is 0 Å². The van der Waals surface area contributed by atoms with Crippen LogP contribution in [0.2, 0.25) is 0 Å². The topological polar surface area (TPSA) is 49.4 Å². The molecule has 0 N–H and O–H groups in total. The van der Waals surface area contributed by atoms with E-state index in [1.54, 1.807) is 14.0 Å². The molecule has 2 aromatic rings. The van der Waals surface area contributed by atoms with Crippen molar-refractivity contribution >= 4 is 16.7 Å². The summed E-state index contributed by atoms with van der Waals surface area (Å²) in [6.45, 7) is 1.63. The van der Waals surface area contributed by atoms with Crippen LogP contribution in [-0.4, -0.2) is 13.1 Å². The molecule has 0 bridgehead atoms. The number of hydrogen-bond donors (Lipinski definition) is 0. The van der Waals surface area contributed by atoms with Crippen LogP contribution in [0.15, 0.2) is 36.4 Å². The molecule has 0 aromatic heterocycles. The SMILES string of the molecule is COc1ccc2cc(C(C)C(=O)[O-])ccc2c1.[K+]. The van der Waals surface area contributed by atoms with E-state index in [1.807, 2.05) is 36.4 Å². The summed E-state index contributed by atoms with van der Waals surface area (Å²) in [7, 11) is 1.62. The quantitative estimate of drug-likeness (QED) is 0.651. The smallest absolute Gasteiger partial charge is 0.550 e. The number of hydrogen-bond acceptors (Lipinski definition) is 3. The van der Waals surface area contributed by atoms with Gasteiger partial charge >= 0.3 is 51.4 Å². The summed E-state index contributed by atoms with van der Waals surface area (Å²) in [5.41, 5.74) is 0.752. The molecule has 0 spiro atoms. The van der Waals surface area contributed by atoms with Crippen molar-refractivity contribution in [1.82, 2.24) is 0 Å². The molecule has 2 aromatic carbocycles. The van der Waals surface area contributed by atoms with Crippen LogP contribution >= 0.6 is 0 Å². The average molecular weight is 268 g/mol. The molecule has 18 heavy (non-hydrogen) atoms. The van der Waals surface area contributed by atoms with E-state index in [1.165, 1.54) is 0 Å². The van der Waals surface area contributed by atoms with E-state index in [-0.39, 0.29) is 51.4 Å². The number of carboxylic acid groups (broad SMARTS) is 1. The van der Waals surface area contributed by atoms with Gasteiger partial charge in [-0.3, -0.25) is 0 Å². The summed E-state index contributed by atoms with van der Waals surface area (Å²) < 4.78 is 5.13. The minimum atomic E-state index is -1.06. The van der Waals surface area contributed by atoms with Crippen LogP contribution < -0.4 is 61.2 Å². The molecule has 0 radical (unpaired) electrons. The molecule has 0 saturated heterocycles. The van der Waals surface area contributed by atoms with E-state index >= 15 is 0 Å². The zero-order valence-electron chi connectivity index (χ0n) is 10.8. The summed E-state index contributed by atoms with van der Waals surface area (Å²) in [5, 5.41) is 12.8. The third-order valence-corrected chi connectivity index (χ3v) is 2.93. The van der Waals surface area contributed by atoms with Crippen molar-refractivity contribution in [2.75, 3.05) is 7.11 Å². The molecule has 0 aliphatic carbocycles. The zero-order chi connectivity index (χ0) is 12.4. The van der Waals surface area contributed by atoms with Crippen LogP contribution in [0, 0.1) is 0 Å². The van der Waals surface area contributed by atoms with Gasteiger partial charge in [0.1, 0.15) is 5.75 Å². The van der Waals surface area contributed by atoms with Crippen LogP contribution in [-0.2, 0) is 4.79 Å². The van der Waals surface area contributed by atoms with Crippen LogP contribution in [0.5, 0.6) is 5.75 Å². The maximum absolute atomic E-state index is 10.8. The molecule has 0 aliphatic heterocycles. The molecule has 2 rings (SSSR count). The van der Waals surface area contributed by atoms with E-state index in [0.29, 0.717) is 0 Å². The number of rotatable bonds is 3. The predicted molar refractivity (Wildman–Crippen MR) is 63.9 cm³/mol. The summed E-state index contributed by atoms with van der Waals surface area (Å²) in [4.78, 5) is 10.8. The standard InChI is InChI=1S/C14H14O3.K/c1-9(14(15)16)10-3-4-12-8-13(17-2)6-5-11(12)7-10;/h3-9H,1-2H3,(H,15,16);/q;+1/p-1. The van der Waals surface area contributed by atoms with Gasteiger partial charge in [0, 0.05) is 11.9 Å².